The highest BCUT2D eigenvalue weighted by Gasteiger charge is 2.35. The molecule has 1 saturated carbocycles. The van der Waals surface area contributed by atoms with Crippen LogP contribution >= 0.6 is 11.6 Å². The Balaban J connectivity index is 2.09. The fourth-order valence-electron chi connectivity index (χ4n) is 2.11. The fourth-order valence-corrected chi connectivity index (χ4v) is 2.31. The summed E-state index contributed by atoms with van der Waals surface area (Å²) in [5.41, 5.74) is 0.485. The van der Waals surface area contributed by atoms with Crippen molar-refractivity contribution in [1.82, 2.24) is 9.78 Å². The molecule has 1 aliphatic carbocycles. The van der Waals surface area contributed by atoms with Crippen molar-refractivity contribution < 1.29 is 0 Å². The molecule has 2 atom stereocenters. The molecule has 100 valence electrons. The largest absolute Gasteiger partial charge is 0.379 e. The van der Waals surface area contributed by atoms with E-state index < -0.39 is 0 Å². The molecule has 1 aromatic rings. The lowest BCUT2D eigenvalue weighted by Gasteiger charge is -2.09. The quantitative estimate of drug-likeness (QED) is 0.864. The number of rotatable bonds is 6. The van der Waals surface area contributed by atoms with E-state index in [1.54, 1.807) is 6.20 Å². The predicted molar refractivity (Wildman–Crippen MR) is 74.2 cm³/mol. The second-order valence-electron chi connectivity index (χ2n) is 4.91. The molecule has 1 fully saturated rings. The highest BCUT2D eigenvalue weighted by atomic mass is 35.5. The molecule has 0 bridgehead atoms. The van der Waals surface area contributed by atoms with Crippen molar-refractivity contribution in [3.8, 4) is 0 Å². The molecule has 2 rings (SSSR count). The van der Waals surface area contributed by atoms with Gasteiger partial charge < -0.3 is 5.32 Å². The van der Waals surface area contributed by atoms with Crippen molar-refractivity contribution in [2.24, 2.45) is 5.92 Å². The second kappa shape index (κ2) is 5.74. The zero-order valence-electron chi connectivity index (χ0n) is 10.9. The van der Waals surface area contributed by atoms with Gasteiger partial charge in [0.2, 0.25) is 0 Å². The highest BCUT2D eigenvalue weighted by Crippen LogP contribution is 2.36. The van der Waals surface area contributed by atoms with Crippen LogP contribution in [0.3, 0.4) is 0 Å². The minimum Gasteiger partial charge on any atom is -0.379 e. The summed E-state index contributed by atoms with van der Waals surface area (Å²) in [6.45, 7) is 4.89. The van der Waals surface area contributed by atoms with E-state index in [9.17, 15) is 4.79 Å². The van der Waals surface area contributed by atoms with Gasteiger partial charge in [-0.2, -0.15) is 5.10 Å². The summed E-state index contributed by atoms with van der Waals surface area (Å²) in [7, 11) is 0. The van der Waals surface area contributed by atoms with Crippen LogP contribution in [0.25, 0.3) is 0 Å². The summed E-state index contributed by atoms with van der Waals surface area (Å²) in [6.07, 6.45) is 5.97. The maximum atomic E-state index is 12.0. The van der Waals surface area contributed by atoms with Crippen molar-refractivity contribution >= 4 is 17.3 Å². The Bertz CT molecular complexity index is 472. The summed E-state index contributed by atoms with van der Waals surface area (Å²) in [5.74, 6) is 0.712. The Morgan fingerprint density at radius 1 is 1.56 bits per heavy atom. The molecular formula is C13H20ClN3O. The summed E-state index contributed by atoms with van der Waals surface area (Å²) >= 11 is 6.10. The van der Waals surface area contributed by atoms with Crippen molar-refractivity contribution in [2.45, 2.75) is 52.1 Å². The molecular weight excluding hydrogens is 250 g/mol. The van der Waals surface area contributed by atoms with E-state index in [4.69, 9.17) is 11.6 Å². The van der Waals surface area contributed by atoms with E-state index in [0.29, 0.717) is 24.2 Å². The minimum atomic E-state index is -0.191. The van der Waals surface area contributed by atoms with Crippen LogP contribution in [0.5, 0.6) is 0 Å². The van der Waals surface area contributed by atoms with E-state index in [0.717, 1.165) is 25.7 Å². The number of nitrogens with one attached hydrogen (secondary N) is 1. The van der Waals surface area contributed by atoms with Gasteiger partial charge in [-0.1, -0.05) is 38.3 Å². The number of hydrogen-bond donors (Lipinski definition) is 1. The molecule has 0 aliphatic heterocycles. The van der Waals surface area contributed by atoms with Gasteiger partial charge in [0.15, 0.2) is 0 Å². The zero-order valence-corrected chi connectivity index (χ0v) is 11.7. The van der Waals surface area contributed by atoms with Gasteiger partial charge in [-0.15, -0.1) is 0 Å². The number of hydrogen-bond acceptors (Lipinski definition) is 3. The van der Waals surface area contributed by atoms with Crippen molar-refractivity contribution in [3.05, 3.63) is 21.6 Å². The summed E-state index contributed by atoms with van der Waals surface area (Å²) < 4.78 is 1.45. The monoisotopic (exact) mass is 269 g/mol. The van der Waals surface area contributed by atoms with Crippen LogP contribution in [0.2, 0.25) is 5.02 Å². The predicted octanol–water partition coefficient (Wildman–Crippen LogP) is 2.91. The lowest BCUT2D eigenvalue weighted by atomic mass is 10.3. The lowest BCUT2D eigenvalue weighted by Crippen LogP contribution is -2.24. The Kier molecular flexibility index (Phi) is 4.27. The van der Waals surface area contributed by atoms with Crippen LogP contribution < -0.4 is 10.9 Å². The molecule has 2 unspecified atom stereocenters. The standard InChI is InChI=1S/C13H20ClN3O/c1-3-5-6-17-13(18)12(14)11(8-15-17)16-10-7-9(10)4-2/h8-10,16H,3-7H2,1-2H3. The molecule has 5 heteroatoms. The Morgan fingerprint density at radius 3 is 2.94 bits per heavy atom. The van der Waals surface area contributed by atoms with Gasteiger partial charge in [0.05, 0.1) is 11.9 Å². The van der Waals surface area contributed by atoms with E-state index in [-0.39, 0.29) is 10.6 Å². The fraction of sp³-hybridized carbons (Fsp3) is 0.692. The molecule has 1 N–H and O–H groups in total. The smallest absolute Gasteiger partial charge is 0.287 e. The molecule has 1 aliphatic rings. The van der Waals surface area contributed by atoms with Gasteiger partial charge in [0.25, 0.3) is 5.56 Å². The van der Waals surface area contributed by atoms with E-state index in [1.807, 2.05) is 0 Å². The molecule has 0 saturated heterocycles. The molecule has 4 nitrogen and oxygen atoms in total. The molecule has 0 amide bonds. The van der Waals surface area contributed by atoms with Gasteiger partial charge in [0.1, 0.15) is 5.02 Å². The summed E-state index contributed by atoms with van der Waals surface area (Å²) in [6, 6.07) is 0.459. The molecule has 0 aromatic carbocycles. The Labute approximate surface area is 112 Å². The third-order valence-corrected chi connectivity index (χ3v) is 3.86. The normalized spacial score (nSPS) is 21.9. The van der Waals surface area contributed by atoms with Gasteiger partial charge in [-0.3, -0.25) is 4.79 Å². The number of halogens is 1. The van der Waals surface area contributed by atoms with Crippen LogP contribution in [0.4, 0.5) is 5.69 Å². The van der Waals surface area contributed by atoms with Gasteiger partial charge in [-0.25, -0.2) is 4.68 Å². The number of unbranched alkanes of at least 4 members (excludes halogenated alkanes) is 1. The zero-order chi connectivity index (χ0) is 13.1. The second-order valence-corrected chi connectivity index (χ2v) is 5.29. The SMILES string of the molecule is CCCCn1ncc(NC2CC2CC)c(Cl)c1=O. The Hall–Kier alpha value is -1.03. The van der Waals surface area contributed by atoms with E-state index >= 15 is 0 Å². The van der Waals surface area contributed by atoms with Crippen LogP contribution in [-0.2, 0) is 6.54 Å². The van der Waals surface area contributed by atoms with Crippen LogP contribution in [0.1, 0.15) is 39.5 Å². The highest BCUT2D eigenvalue weighted by molar-refractivity contribution is 6.32. The van der Waals surface area contributed by atoms with E-state index in [1.165, 1.54) is 4.68 Å². The van der Waals surface area contributed by atoms with Gasteiger partial charge >= 0.3 is 0 Å². The number of aryl methyl sites for hydroxylation is 1. The maximum Gasteiger partial charge on any atom is 0.287 e. The molecule has 1 aromatic heterocycles. The molecule has 1 heterocycles. The number of aromatic nitrogens is 2. The van der Waals surface area contributed by atoms with Crippen LogP contribution in [0, 0.1) is 5.92 Å². The first-order chi connectivity index (χ1) is 8.67. The third-order valence-electron chi connectivity index (χ3n) is 3.50. The summed E-state index contributed by atoms with van der Waals surface area (Å²) in [5, 5.41) is 7.73. The van der Waals surface area contributed by atoms with E-state index in [2.05, 4.69) is 24.3 Å². The Morgan fingerprint density at radius 2 is 2.33 bits per heavy atom. The van der Waals surface area contributed by atoms with Crippen LogP contribution in [0.15, 0.2) is 11.0 Å². The number of nitrogens with zero attached hydrogens (tertiary/aromatic N) is 2. The van der Waals surface area contributed by atoms with Crippen LogP contribution in [-0.4, -0.2) is 15.8 Å². The summed E-state index contributed by atoms with van der Waals surface area (Å²) in [4.78, 5) is 12.0. The van der Waals surface area contributed by atoms with Crippen molar-refractivity contribution in [3.63, 3.8) is 0 Å². The topological polar surface area (TPSA) is 46.9 Å². The first-order valence-electron chi connectivity index (χ1n) is 6.69. The third kappa shape index (κ3) is 2.86. The molecule has 0 radical (unpaired) electrons. The minimum absolute atomic E-state index is 0.191. The van der Waals surface area contributed by atoms with Crippen molar-refractivity contribution in [1.29, 1.82) is 0 Å². The van der Waals surface area contributed by atoms with Gasteiger partial charge in [0, 0.05) is 12.6 Å². The lowest BCUT2D eigenvalue weighted by molar-refractivity contribution is 0.543. The van der Waals surface area contributed by atoms with Gasteiger partial charge in [-0.05, 0) is 18.8 Å². The molecule has 18 heavy (non-hydrogen) atoms. The molecule has 0 spiro atoms. The average molecular weight is 270 g/mol. The number of anilines is 1. The van der Waals surface area contributed by atoms with Crippen molar-refractivity contribution in [2.75, 3.05) is 5.32 Å². The first-order valence-corrected chi connectivity index (χ1v) is 7.07. The maximum absolute atomic E-state index is 12.0. The average Bonchev–Trinajstić information content (AvgIpc) is 3.13. The first kappa shape index (κ1) is 13.4.